The Hall–Kier alpha value is -2.11. The van der Waals surface area contributed by atoms with Crippen molar-refractivity contribution >= 4 is 11.9 Å². The number of aliphatic carboxylic acids is 1. The van der Waals surface area contributed by atoms with Crippen molar-refractivity contribution in [3.63, 3.8) is 0 Å². The van der Waals surface area contributed by atoms with Crippen LogP contribution in [0.3, 0.4) is 0 Å². The standard InChI is InChI=1S/C15H20N2O4/c1-9(2)6-12(15(19)20)17-14(18)11-7-10-4-3-5-21-13(10)8-16-11/h7-9,12H,3-6H2,1-2H3,(H,17,18)(H,19,20). The van der Waals surface area contributed by atoms with E-state index in [0.29, 0.717) is 18.8 Å². The molecule has 0 fully saturated rings. The molecule has 0 spiro atoms. The largest absolute Gasteiger partial charge is 0.492 e. The number of aromatic nitrogens is 1. The predicted molar refractivity (Wildman–Crippen MR) is 76.4 cm³/mol. The maximum Gasteiger partial charge on any atom is 0.326 e. The van der Waals surface area contributed by atoms with Gasteiger partial charge in [-0.25, -0.2) is 9.78 Å². The zero-order valence-corrected chi connectivity index (χ0v) is 12.3. The molecule has 2 rings (SSSR count). The number of rotatable bonds is 5. The first-order valence-corrected chi connectivity index (χ1v) is 7.12. The molecule has 6 nitrogen and oxygen atoms in total. The van der Waals surface area contributed by atoms with Crippen LogP contribution in [0.2, 0.25) is 0 Å². The van der Waals surface area contributed by atoms with E-state index in [-0.39, 0.29) is 11.6 Å². The van der Waals surface area contributed by atoms with Gasteiger partial charge in [-0.15, -0.1) is 0 Å². The second-order valence-electron chi connectivity index (χ2n) is 5.62. The molecule has 1 unspecified atom stereocenters. The minimum Gasteiger partial charge on any atom is -0.492 e. The van der Waals surface area contributed by atoms with E-state index in [9.17, 15) is 9.59 Å². The average Bonchev–Trinajstić information content (AvgIpc) is 2.45. The molecule has 1 aromatic heterocycles. The molecular weight excluding hydrogens is 272 g/mol. The summed E-state index contributed by atoms with van der Waals surface area (Å²) in [5, 5.41) is 11.7. The molecule has 1 amide bonds. The van der Waals surface area contributed by atoms with E-state index < -0.39 is 17.9 Å². The number of carboxylic acids is 1. The Morgan fingerprint density at radius 3 is 2.90 bits per heavy atom. The number of carbonyl (C=O) groups is 2. The molecule has 1 aromatic rings. The summed E-state index contributed by atoms with van der Waals surface area (Å²) in [4.78, 5) is 27.4. The molecule has 0 aliphatic carbocycles. The summed E-state index contributed by atoms with van der Waals surface area (Å²) in [5.74, 6) is -0.610. The van der Waals surface area contributed by atoms with Crippen LogP contribution in [0.25, 0.3) is 0 Å². The first-order chi connectivity index (χ1) is 9.97. The minimum absolute atomic E-state index is 0.177. The number of pyridine rings is 1. The summed E-state index contributed by atoms with van der Waals surface area (Å²) in [6.07, 6.45) is 3.66. The van der Waals surface area contributed by atoms with Gasteiger partial charge >= 0.3 is 5.97 Å². The Morgan fingerprint density at radius 2 is 2.24 bits per heavy atom. The Kier molecular flexibility index (Phi) is 4.77. The van der Waals surface area contributed by atoms with Crippen LogP contribution < -0.4 is 10.1 Å². The summed E-state index contributed by atoms with van der Waals surface area (Å²) in [6, 6.07) is 0.782. The number of carbonyl (C=O) groups excluding carboxylic acids is 1. The second kappa shape index (κ2) is 6.56. The van der Waals surface area contributed by atoms with Crippen LogP contribution >= 0.6 is 0 Å². The fourth-order valence-corrected chi connectivity index (χ4v) is 2.30. The zero-order valence-electron chi connectivity index (χ0n) is 12.3. The highest BCUT2D eigenvalue weighted by molar-refractivity contribution is 5.95. The van der Waals surface area contributed by atoms with Gasteiger partial charge in [-0.2, -0.15) is 0 Å². The number of hydrogen-bond donors (Lipinski definition) is 2. The maximum atomic E-state index is 12.1. The van der Waals surface area contributed by atoms with Crippen LogP contribution in [-0.4, -0.2) is 34.6 Å². The van der Waals surface area contributed by atoms with E-state index in [2.05, 4.69) is 10.3 Å². The third-order valence-electron chi connectivity index (χ3n) is 3.34. The fourth-order valence-electron chi connectivity index (χ4n) is 2.30. The molecule has 0 radical (unpaired) electrons. The lowest BCUT2D eigenvalue weighted by Crippen LogP contribution is -2.42. The molecule has 2 heterocycles. The predicted octanol–water partition coefficient (Wildman–Crippen LogP) is 1.64. The zero-order chi connectivity index (χ0) is 15.4. The Balaban J connectivity index is 2.10. The second-order valence-corrected chi connectivity index (χ2v) is 5.62. The van der Waals surface area contributed by atoms with Gasteiger partial charge in [-0.1, -0.05) is 13.8 Å². The number of fused-ring (bicyclic) bond motifs is 1. The lowest BCUT2D eigenvalue weighted by Gasteiger charge is -2.18. The molecule has 1 aliphatic heterocycles. The first kappa shape index (κ1) is 15.3. The van der Waals surface area contributed by atoms with Crippen LogP contribution in [0.1, 0.15) is 42.7 Å². The van der Waals surface area contributed by atoms with Crippen molar-refractivity contribution in [1.82, 2.24) is 10.3 Å². The summed E-state index contributed by atoms with van der Waals surface area (Å²) in [6.45, 7) is 4.49. The van der Waals surface area contributed by atoms with E-state index >= 15 is 0 Å². The van der Waals surface area contributed by atoms with E-state index in [0.717, 1.165) is 18.4 Å². The third kappa shape index (κ3) is 3.93. The Labute approximate surface area is 123 Å². The molecule has 2 N–H and O–H groups in total. The number of ether oxygens (including phenoxy) is 1. The lowest BCUT2D eigenvalue weighted by atomic mass is 10.0. The van der Waals surface area contributed by atoms with Crippen LogP contribution in [0.15, 0.2) is 12.3 Å². The van der Waals surface area contributed by atoms with Crippen molar-refractivity contribution < 1.29 is 19.4 Å². The summed E-state index contributed by atoms with van der Waals surface area (Å²) in [5.41, 5.74) is 1.17. The number of aryl methyl sites for hydroxylation is 1. The Bertz CT molecular complexity index is 542. The first-order valence-electron chi connectivity index (χ1n) is 7.12. The lowest BCUT2D eigenvalue weighted by molar-refractivity contribution is -0.139. The van der Waals surface area contributed by atoms with E-state index in [1.54, 1.807) is 6.07 Å². The maximum absolute atomic E-state index is 12.1. The topological polar surface area (TPSA) is 88.5 Å². The third-order valence-corrected chi connectivity index (χ3v) is 3.34. The van der Waals surface area contributed by atoms with Crippen LogP contribution in [-0.2, 0) is 11.2 Å². The molecule has 114 valence electrons. The smallest absolute Gasteiger partial charge is 0.326 e. The van der Waals surface area contributed by atoms with Crippen molar-refractivity contribution in [1.29, 1.82) is 0 Å². The van der Waals surface area contributed by atoms with E-state index in [1.807, 2.05) is 13.8 Å². The molecule has 0 aromatic carbocycles. The van der Waals surface area contributed by atoms with Crippen molar-refractivity contribution in [3.05, 3.63) is 23.5 Å². The molecule has 1 atom stereocenters. The van der Waals surface area contributed by atoms with Gasteiger partial charge < -0.3 is 15.2 Å². The van der Waals surface area contributed by atoms with Gasteiger partial charge in [0.1, 0.15) is 17.5 Å². The highest BCUT2D eigenvalue weighted by atomic mass is 16.5. The molecular formula is C15H20N2O4. The van der Waals surface area contributed by atoms with Gasteiger partial charge in [0, 0.05) is 0 Å². The molecule has 0 bridgehead atoms. The highest BCUT2D eigenvalue weighted by Crippen LogP contribution is 2.24. The SMILES string of the molecule is CC(C)CC(NC(=O)c1cc2c(cn1)OCCC2)C(=O)O. The summed E-state index contributed by atoms with van der Waals surface area (Å²) < 4.78 is 5.44. The van der Waals surface area contributed by atoms with Crippen molar-refractivity contribution in [2.45, 2.75) is 39.2 Å². The van der Waals surface area contributed by atoms with Crippen molar-refractivity contribution in [3.8, 4) is 5.75 Å². The van der Waals surface area contributed by atoms with Crippen molar-refractivity contribution in [2.75, 3.05) is 6.61 Å². The van der Waals surface area contributed by atoms with Crippen LogP contribution in [0.5, 0.6) is 5.75 Å². The van der Waals surface area contributed by atoms with Crippen LogP contribution in [0, 0.1) is 5.92 Å². The van der Waals surface area contributed by atoms with E-state index in [4.69, 9.17) is 9.84 Å². The number of nitrogens with zero attached hydrogens (tertiary/aromatic N) is 1. The summed E-state index contributed by atoms with van der Waals surface area (Å²) in [7, 11) is 0. The highest BCUT2D eigenvalue weighted by Gasteiger charge is 2.23. The minimum atomic E-state index is -1.03. The average molecular weight is 292 g/mol. The van der Waals surface area contributed by atoms with Gasteiger partial charge in [0.05, 0.1) is 12.8 Å². The van der Waals surface area contributed by atoms with Gasteiger partial charge in [0.25, 0.3) is 5.91 Å². The molecule has 21 heavy (non-hydrogen) atoms. The molecule has 6 heteroatoms. The fraction of sp³-hybridized carbons (Fsp3) is 0.533. The van der Waals surface area contributed by atoms with Gasteiger partial charge in [-0.05, 0) is 36.8 Å². The Morgan fingerprint density at radius 1 is 1.48 bits per heavy atom. The number of nitrogens with one attached hydrogen (secondary N) is 1. The van der Waals surface area contributed by atoms with Crippen molar-refractivity contribution in [2.24, 2.45) is 5.92 Å². The van der Waals surface area contributed by atoms with Gasteiger partial charge in [-0.3, -0.25) is 4.79 Å². The van der Waals surface area contributed by atoms with Gasteiger partial charge in [0.15, 0.2) is 0 Å². The van der Waals surface area contributed by atoms with E-state index in [1.165, 1.54) is 6.20 Å². The number of amides is 1. The quantitative estimate of drug-likeness (QED) is 0.861. The number of hydrogen-bond acceptors (Lipinski definition) is 4. The normalized spacial score (nSPS) is 15.0. The number of carboxylic acid groups (broad SMARTS) is 1. The summed E-state index contributed by atoms with van der Waals surface area (Å²) >= 11 is 0. The van der Waals surface area contributed by atoms with Crippen LogP contribution in [0.4, 0.5) is 0 Å². The molecule has 1 aliphatic rings. The molecule has 0 saturated heterocycles. The van der Waals surface area contributed by atoms with Gasteiger partial charge in [0.2, 0.25) is 0 Å². The monoisotopic (exact) mass is 292 g/mol. The molecule has 0 saturated carbocycles.